The molecule has 4 heteroatoms. The van der Waals surface area contributed by atoms with E-state index >= 15 is 0 Å². The average molecular weight is 243 g/mol. The first-order valence-corrected chi connectivity index (χ1v) is 5.64. The molecule has 0 N–H and O–H groups in total. The lowest BCUT2D eigenvalue weighted by Crippen LogP contribution is -2.25. The highest BCUT2D eigenvalue weighted by Crippen LogP contribution is 2.19. The molecule has 0 aliphatic rings. The minimum absolute atomic E-state index is 0.813. The smallest absolute Gasteiger partial charge is 0.110 e. The van der Waals surface area contributed by atoms with Gasteiger partial charge < -0.3 is 4.90 Å². The summed E-state index contributed by atoms with van der Waals surface area (Å²) >= 11 is 14.0. The number of rotatable bonds is 2. The van der Waals surface area contributed by atoms with E-state index in [1.54, 1.807) is 0 Å². The van der Waals surface area contributed by atoms with Gasteiger partial charge in [0.15, 0.2) is 0 Å². The zero-order valence-corrected chi connectivity index (χ0v) is 10.8. The molecule has 0 fully saturated rings. The van der Waals surface area contributed by atoms with Crippen LogP contribution in [-0.2, 0) is 0 Å². The zero-order chi connectivity index (χ0) is 10.7. The van der Waals surface area contributed by atoms with E-state index in [4.69, 9.17) is 12.2 Å². The maximum Gasteiger partial charge on any atom is 0.110 e. The van der Waals surface area contributed by atoms with Gasteiger partial charge in [-0.15, -0.1) is 25.3 Å². The van der Waals surface area contributed by atoms with Gasteiger partial charge in [0.1, 0.15) is 4.99 Å². The predicted octanol–water partition coefficient (Wildman–Crippen LogP) is 2.89. The van der Waals surface area contributed by atoms with Crippen molar-refractivity contribution in [2.45, 2.75) is 16.7 Å². The molecule has 14 heavy (non-hydrogen) atoms. The monoisotopic (exact) mass is 243 g/mol. The molecule has 0 amide bonds. The van der Waals surface area contributed by atoms with Crippen LogP contribution in [0, 0.1) is 0 Å². The summed E-state index contributed by atoms with van der Waals surface area (Å²) in [5.41, 5.74) is 0.972. The van der Waals surface area contributed by atoms with Gasteiger partial charge in [-0.25, -0.2) is 0 Å². The Bertz CT molecular complexity index is 349. The van der Waals surface area contributed by atoms with Crippen molar-refractivity contribution in [2.24, 2.45) is 0 Å². The standard InChI is InChI=1S/C10H13NS3/c1-3-11(2)10(14)8-6-7(12)4-5-9(8)13/h4-6,12-13H,3H2,1-2H3. The molecule has 0 saturated heterocycles. The molecule has 0 heterocycles. The second-order valence-corrected chi connectivity index (χ2v) is 4.41. The van der Waals surface area contributed by atoms with Crippen molar-refractivity contribution in [3.63, 3.8) is 0 Å². The molecule has 0 aromatic heterocycles. The van der Waals surface area contributed by atoms with Crippen LogP contribution < -0.4 is 0 Å². The molecule has 0 spiro atoms. The second-order valence-electron chi connectivity index (χ2n) is 3.02. The van der Waals surface area contributed by atoms with Crippen LogP contribution in [0.15, 0.2) is 28.0 Å². The van der Waals surface area contributed by atoms with Crippen LogP contribution in [0.3, 0.4) is 0 Å². The van der Waals surface area contributed by atoms with Crippen molar-refractivity contribution < 1.29 is 0 Å². The molecule has 1 aromatic carbocycles. The fourth-order valence-corrected chi connectivity index (χ4v) is 1.87. The summed E-state index contributed by atoms with van der Waals surface area (Å²) in [6.45, 7) is 2.96. The minimum Gasteiger partial charge on any atom is -0.366 e. The third kappa shape index (κ3) is 2.65. The molecule has 0 unspecified atom stereocenters. The van der Waals surface area contributed by atoms with Gasteiger partial charge in [0.25, 0.3) is 0 Å². The molecule has 0 radical (unpaired) electrons. The van der Waals surface area contributed by atoms with Crippen LogP contribution in [0.1, 0.15) is 12.5 Å². The van der Waals surface area contributed by atoms with Crippen molar-refractivity contribution in [3.8, 4) is 0 Å². The van der Waals surface area contributed by atoms with Crippen molar-refractivity contribution >= 4 is 42.5 Å². The highest BCUT2D eigenvalue weighted by atomic mass is 32.1. The summed E-state index contributed by atoms with van der Waals surface area (Å²) in [5, 5.41) is 0. The summed E-state index contributed by atoms with van der Waals surface area (Å²) in [7, 11) is 1.97. The molecule has 1 aromatic rings. The Morgan fingerprint density at radius 1 is 1.43 bits per heavy atom. The molecular formula is C10H13NS3. The van der Waals surface area contributed by atoms with E-state index in [2.05, 4.69) is 32.2 Å². The molecule has 76 valence electrons. The lowest BCUT2D eigenvalue weighted by atomic mass is 10.2. The number of nitrogens with zero attached hydrogens (tertiary/aromatic N) is 1. The first kappa shape index (κ1) is 11.9. The van der Waals surface area contributed by atoms with E-state index in [1.807, 2.05) is 30.1 Å². The molecular weight excluding hydrogens is 230 g/mol. The van der Waals surface area contributed by atoms with Crippen LogP contribution in [0.5, 0.6) is 0 Å². The minimum atomic E-state index is 0.813. The third-order valence-electron chi connectivity index (χ3n) is 2.03. The maximum atomic E-state index is 5.33. The lowest BCUT2D eigenvalue weighted by Gasteiger charge is -2.19. The summed E-state index contributed by atoms with van der Waals surface area (Å²) < 4.78 is 0. The maximum absolute atomic E-state index is 5.33. The highest BCUT2D eigenvalue weighted by molar-refractivity contribution is 7.82. The van der Waals surface area contributed by atoms with Gasteiger partial charge in [0.2, 0.25) is 0 Å². The Hall–Kier alpha value is -0.190. The molecule has 1 nitrogen and oxygen atoms in total. The van der Waals surface area contributed by atoms with Crippen molar-refractivity contribution in [2.75, 3.05) is 13.6 Å². The van der Waals surface area contributed by atoms with Crippen LogP contribution in [-0.4, -0.2) is 23.5 Å². The van der Waals surface area contributed by atoms with Gasteiger partial charge in [0, 0.05) is 28.9 Å². The van der Waals surface area contributed by atoms with Gasteiger partial charge in [-0.3, -0.25) is 0 Å². The lowest BCUT2D eigenvalue weighted by molar-refractivity contribution is 0.545. The number of hydrogen-bond donors (Lipinski definition) is 2. The van der Waals surface area contributed by atoms with Crippen LogP contribution in [0.2, 0.25) is 0 Å². The Morgan fingerprint density at radius 3 is 2.64 bits per heavy atom. The first-order chi connectivity index (χ1) is 6.56. The topological polar surface area (TPSA) is 3.24 Å². The van der Waals surface area contributed by atoms with Crippen LogP contribution in [0.4, 0.5) is 0 Å². The quantitative estimate of drug-likeness (QED) is 0.607. The summed E-state index contributed by atoms with van der Waals surface area (Å²) in [4.78, 5) is 4.63. The molecule has 0 atom stereocenters. The largest absolute Gasteiger partial charge is 0.366 e. The molecule has 0 aliphatic carbocycles. The van der Waals surface area contributed by atoms with E-state index in [0.717, 1.165) is 26.9 Å². The Labute approximate surface area is 101 Å². The van der Waals surface area contributed by atoms with E-state index in [-0.39, 0.29) is 0 Å². The van der Waals surface area contributed by atoms with E-state index in [1.165, 1.54) is 0 Å². The summed E-state index contributed by atoms with van der Waals surface area (Å²) in [6.07, 6.45) is 0. The van der Waals surface area contributed by atoms with Gasteiger partial charge in [0.05, 0.1) is 0 Å². The van der Waals surface area contributed by atoms with Gasteiger partial charge in [-0.05, 0) is 25.1 Å². The van der Waals surface area contributed by atoms with Crippen LogP contribution >= 0.6 is 37.5 Å². The molecule has 0 saturated carbocycles. The fraction of sp³-hybridized carbons (Fsp3) is 0.300. The SMILES string of the molecule is CCN(C)C(=S)c1cc(S)ccc1S. The molecule has 1 rings (SSSR count). The number of benzene rings is 1. The fourth-order valence-electron chi connectivity index (χ4n) is 1.04. The number of hydrogen-bond acceptors (Lipinski definition) is 3. The Morgan fingerprint density at radius 2 is 2.07 bits per heavy atom. The van der Waals surface area contributed by atoms with E-state index in [9.17, 15) is 0 Å². The zero-order valence-electron chi connectivity index (χ0n) is 8.19. The van der Waals surface area contributed by atoms with Gasteiger partial charge in [-0.2, -0.15) is 0 Å². The van der Waals surface area contributed by atoms with Crippen molar-refractivity contribution in [1.29, 1.82) is 0 Å². The van der Waals surface area contributed by atoms with Gasteiger partial charge in [-0.1, -0.05) is 12.2 Å². The molecule has 0 aliphatic heterocycles. The first-order valence-electron chi connectivity index (χ1n) is 4.33. The third-order valence-corrected chi connectivity index (χ3v) is 3.23. The second kappa shape index (κ2) is 5.05. The Kier molecular flexibility index (Phi) is 4.29. The Balaban J connectivity index is 3.06. The van der Waals surface area contributed by atoms with Crippen molar-refractivity contribution in [1.82, 2.24) is 4.90 Å². The summed E-state index contributed by atoms with van der Waals surface area (Å²) in [6, 6.07) is 5.76. The normalized spacial score (nSPS) is 10.0. The average Bonchev–Trinajstić information content (AvgIpc) is 2.19. The predicted molar refractivity (Wildman–Crippen MR) is 71.0 cm³/mol. The van der Waals surface area contributed by atoms with Gasteiger partial charge >= 0.3 is 0 Å². The van der Waals surface area contributed by atoms with E-state index in [0.29, 0.717) is 0 Å². The van der Waals surface area contributed by atoms with Crippen LogP contribution in [0.25, 0.3) is 0 Å². The van der Waals surface area contributed by atoms with E-state index < -0.39 is 0 Å². The number of thiocarbonyl (C=S) groups is 1. The van der Waals surface area contributed by atoms with Crippen molar-refractivity contribution in [3.05, 3.63) is 23.8 Å². The molecule has 0 bridgehead atoms. The highest BCUT2D eigenvalue weighted by Gasteiger charge is 2.08. The number of thiol groups is 2. The summed E-state index contributed by atoms with van der Waals surface area (Å²) in [5.74, 6) is 0.